The molecule has 5 nitrogen and oxygen atoms in total. The van der Waals surface area contributed by atoms with E-state index in [1.165, 1.54) is 12.1 Å². The highest BCUT2D eigenvalue weighted by atomic mass is 32.2. The summed E-state index contributed by atoms with van der Waals surface area (Å²) in [5, 5.41) is 8.20. The molecule has 1 aliphatic rings. The normalized spacial score (nSPS) is 17.7. The predicted molar refractivity (Wildman–Crippen MR) is 81.5 cm³/mol. The number of nitrogens with one attached hydrogen (secondary N) is 1. The third-order valence-electron chi connectivity index (χ3n) is 4.16. The molecule has 0 spiro atoms. The van der Waals surface area contributed by atoms with Crippen LogP contribution in [0.1, 0.15) is 55.5 Å². The fraction of sp³-hybridized carbons (Fsp3) is 0.533. The van der Waals surface area contributed by atoms with E-state index in [2.05, 4.69) is 5.32 Å². The number of amides is 1. The number of hydrogen-bond donors (Lipinski definition) is 2. The first-order valence-electron chi connectivity index (χ1n) is 7.23. The van der Waals surface area contributed by atoms with Gasteiger partial charge < -0.3 is 5.32 Å². The topological polar surface area (TPSA) is 89.3 Å². The second kappa shape index (κ2) is 5.77. The Morgan fingerprint density at radius 1 is 1.33 bits per heavy atom. The lowest BCUT2D eigenvalue weighted by atomic mass is 9.98. The third kappa shape index (κ3) is 3.63. The molecule has 0 unspecified atom stereocenters. The van der Waals surface area contributed by atoms with Gasteiger partial charge in [0.05, 0.1) is 4.90 Å². The minimum absolute atomic E-state index is 0.0265. The first-order valence-corrected chi connectivity index (χ1v) is 8.78. The van der Waals surface area contributed by atoms with Crippen LogP contribution in [0.25, 0.3) is 0 Å². The van der Waals surface area contributed by atoms with Crippen molar-refractivity contribution < 1.29 is 13.2 Å². The second-order valence-corrected chi connectivity index (χ2v) is 7.50. The molecular formula is C15H22N2O3S. The molecule has 0 aromatic heterocycles. The van der Waals surface area contributed by atoms with Crippen LogP contribution in [0.3, 0.4) is 0 Å². The smallest absolute Gasteiger partial charge is 0.252 e. The van der Waals surface area contributed by atoms with Crippen LogP contribution >= 0.6 is 0 Å². The van der Waals surface area contributed by atoms with E-state index in [1.54, 1.807) is 6.07 Å². The van der Waals surface area contributed by atoms with Gasteiger partial charge >= 0.3 is 0 Å². The highest BCUT2D eigenvalue weighted by Gasteiger charge is 2.31. The minimum atomic E-state index is -3.81. The lowest BCUT2D eigenvalue weighted by Gasteiger charge is -2.26. The Morgan fingerprint density at radius 2 is 1.95 bits per heavy atom. The quantitative estimate of drug-likeness (QED) is 0.891. The zero-order chi connectivity index (χ0) is 15.7. The Labute approximate surface area is 126 Å². The van der Waals surface area contributed by atoms with Gasteiger partial charge in [0.15, 0.2) is 0 Å². The number of primary sulfonamides is 1. The number of carbonyl (C=O) groups is 1. The van der Waals surface area contributed by atoms with E-state index < -0.39 is 10.0 Å². The van der Waals surface area contributed by atoms with Crippen LogP contribution in [0.4, 0.5) is 0 Å². The standard InChI is InChI=1S/C15H22N2O3S/c1-3-11-6-7-12(21(16,19)20)10-13(11)14(18)17-15(2)8-4-5-9-15/h6-7,10H,3-5,8-9H2,1-2H3,(H,17,18)(H2,16,19,20). The Hall–Kier alpha value is -1.40. The van der Waals surface area contributed by atoms with Crippen molar-refractivity contribution in [2.75, 3.05) is 0 Å². The fourth-order valence-corrected chi connectivity index (χ4v) is 3.41. The second-order valence-electron chi connectivity index (χ2n) is 5.94. The van der Waals surface area contributed by atoms with Crippen molar-refractivity contribution in [1.29, 1.82) is 0 Å². The molecule has 1 aromatic rings. The maximum absolute atomic E-state index is 12.5. The average molecular weight is 310 g/mol. The molecular weight excluding hydrogens is 288 g/mol. The maximum Gasteiger partial charge on any atom is 0.252 e. The number of benzene rings is 1. The van der Waals surface area contributed by atoms with Gasteiger partial charge in [-0.15, -0.1) is 0 Å². The van der Waals surface area contributed by atoms with Crippen molar-refractivity contribution in [2.45, 2.75) is 56.4 Å². The number of hydrogen-bond acceptors (Lipinski definition) is 3. The van der Waals surface area contributed by atoms with Crippen molar-refractivity contribution in [3.63, 3.8) is 0 Å². The number of aryl methyl sites for hydroxylation is 1. The summed E-state index contributed by atoms with van der Waals surface area (Å²) < 4.78 is 22.9. The maximum atomic E-state index is 12.5. The van der Waals surface area contributed by atoms with Crippen molar-refractivity contribution in [3.05, 3.63) is 29.3 Å². The van der Waals surface area contributed by atoms with Crippen LogP contribution in [0.5, 0.6) is 0 Å². The van der Waals surface area contributed by atoms with E-state index in [-0.39, 0.29) is 16.3 Å². The minimum Gasteiger partial charge on any atom is -0.347 e. The molecule has 1 aliphatic carbocycles. The Morgan fingerprint density at radius 3 is 2.48 bits per heavy atom. The van der Waals surface area contributed by atoms with Crippen LogP contribution in [-0.2, 0) is 16.4 Å². The molecule has 1 amide bonds. The molecule has 1 saturated carbocycles. The van der Waals surface area contributed by atoms with Gasteiger partial charge in [-0.25, -0.2) is 13.6 Å². The SMILES string of the molecule is CCc1ccc(S(N)(=O)=O)cc1C(=O)NC1(C)CCCC1. The molecule has 1 fully saturated rings. The van der Waals surface area contributed by atoms with E-state index in [4.69, 9.17) is 5.14 Å². The predicted octanol–water partition coefficient (Wildman–Crippen LogP) is 1.96. The molecule has 0 radical (unpaired) electrons. The van der Waals surface area contributed by atoms with Gasteiger partial charge in [-0.05, 0) is 43.9 Å². The molecule has 0 saturated heterocycles. The molecule has 0 heterocycles. The first-order chi connectivity index (χ1) is 9.75. The first kappa shape index (κ1) is 16.0. The van der Waals surface area contributed by atoms with E-state index in [1.807, 2.05) is 13.8 Å². The molecule has 0 aliphatic heterocycles. The van der Waals surface area contributed by atoms with Gasteiger partial charge in [0, 0.05) is 11.1 Å². The van der Waals surface area contributed by atoms with Crippen LogP contribution in [0, 0.1) is 0 Å². The number of rotatable bonds is 4. The Balaban J connectivity index is 2.34. The average Bonchev–Trinajstić information content (AvgIpc) is 2.83. The van der Waals surface area contributed by atoms with Crippen molar-refractivity contribution in [2.24, 2.45) is 5.14 Å². The van der Waals surface area contributed by atoms with E-state index in [9.17, 15) is 13.2 Å². The van der Waals surface area contributed by atoms with Gasteiger partial charge in [-0.1, -0.05) is 25.8 Å². The molecule has 116 valence electrons. The van der Waals surface area contributed by atoms with Gasteiger partial charge in [0.1, 0.15) is 0 Å². The van der Waals surface area contributed by atoms with Gasteiger partial charge in [0.2, 0.25) is 10.0 Å². The van der Waals surface area contributed by atoms with Gasteiger partial charge in [-0.3, -0.25) is 4.79 Å². The summed E-state index contributed by atoms with van der Waals surface area (Å²) in [5.74, 6) is -0.221. The summed E-state index contributed by atoms with van der Waals surface area (Å²) in [6, 6.07) is 4.48. The Kier molecular flexibility index (Phi) is 4.39. The van der Waals surface area contributed by atoms with E-state index in [0.29, 0.717) is 12.0 Å². The van der Waals surface area contributed by atoms with Crippen LogP contribution in [0.15, 0.2) is 23.1 Å². The van der Waals surface area contributed by atoms with Crippen LogP contribution in [0.2, 0.25) is 0 Å². The summed E-state index contributed by atoms with van der Waals surface area (Å²) in [5.41, 5.74) is 1.03. The van der Waals surface area contributed by atoms with Crippen LogP contribution in [-0.4, -0.2) is 19.9 Å². The molecule has 2 rings (SSSR count). The highest BCUT2D eigenvalue weighted by molar-refractivity contribution is 7.89. The molecule has 3 N–H and O–H groups in total. The zero-order valence-electron chi connectivity index (χ0n) is 12.5. The van der Waals surface area contributed by atoms with Crippen molar-refractivity contribution in [3.8, 4) is 0 Å². The zero-order valence-corrected chi connectivity index (χ0v) is 13.3. The van der Waals surface area contributed by atoms with Gasteiger partial charge in [0.25, 0.3) is 5.91 Å². The fourth-order valence-electron chi connectivity index (χ4n) is 2.87. The molecule has 0 atom stereocenters. The summed E-state index contributed by atoms with van der Waals surface area (Å²) in [7, 11) is -3.81. The van der Waals surface area contributed by atoms with Crippen LogP contribution < -0.4 is 10.5 Å². The largest absolute Gasteiger partial charge is 0.347 e. The van der Waals surface area contributed by atoms with Gasteiger partial charge in [-0.2, -0.15) is 0 Å². The summed E-state index contributed by atoms with van der Waals surface area (Å²) >= 11 is 0. The molecule has 6 heteroatoms. The van der Waals surface area contributed by atoms with E-state index in [0.717, 1.165) is 31.2 Å². The van der Waals surface area contributed by atoms with E-state index >= 15 is 0 Å². The lowest BCUT2D eigenvalue weighted by molar-refractivity contribution is 0.0907. The molecule has 1 aromatic carbocycles. The number of sulfonamides is 1. The number of carbonyl (C=O) groups excluding carboxylic acids is 1. The summed E-state index contributed by atoms with van der Waals surface area (Å²) in [6.07, 6.45) is 4.78. The molecule has 0 bridgehead atoms. The summed E-state index contributed by atoms with van der Waals surface area (Å²) in [6.45, 7) is 3.97. The Bertz CT molecular complexity index is 647. The number of nitrogens with two attached hydrogens (primary N) is 1. The van der Waals surface area contributed by atoms with Crippen molar-refractivity contribution in [1.82, 2.24) is 5.32 Å². The van der Waals surface area contributed by atoms with Crippen molar-refractivity contribution >= 4 is 15.9 Å². The third-order valence-corrected chi connectivity index (χ3v) is 5.07. The molecule has 21 heavy (non-hydrogen) atoms. The lowest BCUT2D eigenvalue weighted by Crippen LogP contribution is -2.43. The summed E-state index contributed by atoms with van der Waals surface area (Å²) in [4.78, 5) is 12.5. The highest BCUT2D eigenvalue weighted by Crippen LogP contribution is 2.29. The monoisotopic (exact) mass is 310 g/mol.